The van der Waals surface area contributed by atoms with Gasteiger partial charge in [0.1, 0.15) is 5.82 Å². The number of piperazine rings is 1. The summed E-state index contributed by atoms with van der Waals surface area (Å²) in [4.78, 5) is 22.3. The molecule has 7 heteroatoms. The number of anilines is 1. The molecule has 5 rings (SSSR count). The molecule has 3 heterocycles. The summed E-state index contributed by atoms with van der Waals surface area (Å²) in [6.07, 6.45) is 12.4. The second kappa shape index (κ2) is 11.4. The molecule has 34 heavy (non-hydrogen) atoms. The van der Waals surface area contributed by atoms with Gasteiger partial charge in [-0.15, -0.1) is 11.3 Å². The molecule has 1 saturated heterocycles. The van der Waals surface area contributed by atoms with Crippen LogP contribution in [-0.4, -0.2) is 67.8 Å². The summed E-state index contributed by atoms with van der Waals surface area (Å²) < 4.78 is 6.77. The van der Waals surface area contributed by atoms with Gasteiger partial charge in [-0.1, -0.05) is 0 Å². The first-order chi connectivity index (χ1) is 16.7. The van der Waals surface area contributed by atoms with E-state index in [1.165, 1.54) is 41.7 Å². The third-order valence-corrected chi connectivity index (χ3v) is 9.31. The van der Waals surface area contributed by atoms with Crippen LogP contribution in [0.2, 0.25) is 0 Å². The van der Waals surface area contributed by atoms with Gasteiger partial charge in [0, 0.05) is 51.9 Å². The summed E-state index contributed by atoms with van der Waals surface area (Å²) >= 11 is 1.80. The number of ether oxygens (including phenoxy) is 1. The van der Waals surface area contributed by atoms with Crippen LogP contribution in [0.1, 0.15) is 57.8 Å². The molecule has 186 valence electrons. The Hall–Kier alpha value is -1.70. The molecular weight excluding hydrogens is 444 g/mol. The van der Waals surface area contributed by atoms with E-state index >= 15 is 0 Å². The van der Waals surface area contributed by atoms with Crippen LogP contribution < -0.4 is 10.2 Å². The van der Waals surface area contributed by atoms with Crippen molar-refractivity contribution in [2.75, 3.05) is 44.7 Å². The zero-order valence-corrected chi connectivity index (χ0v) is 21.4. The van der Waals surface area contributed by atoms with Gasteiger partial charge in [-0.05, 0) is 92.6 Å². The fourth-order valence-corrected chi connectivity index (χ4v) is 7.14. The maximum absolute atomic E-state index is 12.5. The predicted molar refractivity (Wildman–Crippen MR) is 140 cm³/mol. The second-order valence-corrected chi connectivity index (χ2v) is 11.5. The summed E-state index contributed by atoms with van der Waals surface area (Å²) in [5.41, 5.74) is 0. The van der Waals surface area contributed by atoms with E-state index in [-0.39, 0.29) is 5.91 Å². The maximum Gasteiger partial charge on any atom is 0.220 e. The summed E-state index contributed by atoms with van der Waals surface area (Å²) in [6.45, 7) is 5.58. The molecule has 0 bridgehead atoms. The van der Waals surface area contributed by atoms with Crippen molar-refractivity contribution in [1.82, 2.24) is 15.2 Å². The smallest absolute Gasteiger partial charge is 0.220 e. The number of pyridine rings is 1. The number of hydrogen-bond acceptors (Lipinski definition) is 6. The zero-order chi connectivity index (χ0) is 23.3. The van der Waals surface area contributed by atoms with E-state index < -0.39 is 0 Å². The predicted octanol–water partition coefficient (Wildman–Crippen LogP) is 4.69. The third-order valence-electron chi connectivity index (χ3n) is 8.39. The van der Waals surface area contributed by atoms with Crippen LogP contribution in [0.25, 0.3) is 10.1 Å². The lowest BCUT2D eigenvalue weighted by Crippen LogP contribution is -2.47. The first-order valence-corrected chi connectivity index (χ1v) is 14.2. The Morgan fingerprint density at radius 3 is 2.65 bits per heavy atom. The second-order valence-electron chi connectivity index (χ2n) is 10.6. The average Bonchev–Trinajstić information content (AvgIpc) is 3.53. The lowest BCUT2D eigenvalue weighted by Gasteiger charge is -2.37. The fraction of sp³-hybridized carbons (Fsp3) is 0.704. The molecule has 6 nitrogen and oxygen atoms in total. The molecule has 1 N–H and O–H groups in total. The third kappa shape index (κ3) is 5.92. The van der Waals surface area contributed by atoms with Crippen LogP contribution in [0, 0.1) is 11.8 Å². The van der Waals surface area contributed by atoms with Gasteiger partial charge in [0.25, 0.3) is 0 Å². The molecule has 0 unspecified atom stereocenters. The minimum absolute atomic E-state index is 0.260. The van der Waals surface area contributed by atoms with Crippen molar-refractivity contribution in [1.29, 1.82) is 0 Å². The Balaban J connectivity index is 0.981. The van der Waals surface area contributed by atoms with E-state index in [1.54, 1.807) is 18.4 Å². The zero-order valence-electron chi connectivity index (χ0n) is 20.6. The van der Waals surface area contributed by atoms with Gasteiger partial charge >= 0.3 is 0 Å². The first kappa shape index (κ1) is 24.0. The van der Waals surface area contributed by atoms with Gasteiger partial charge in [0.05, 0.1) is 10.8 Å². The molecule has 0 radical (unpaired) electrons. The highest BCUT2D eigenvalue weighted by atomic mass is 32.1. The van der Waals surface area contributed by atoms with Gasteiger partial charge < -0.3 is 15.0 Å². The first-order valence-electron chi connectivity index (χ1n) is 13.3. The number of thiophene rings is 1. The van der Waals surface area contributed by atoms with Crippen LogP contribution >= 0.6 is 11.3 Å². The Morgan fingerprint density at radius 1 is 1.09 bits per heavy atom. The molecule has 1 amide bonds. The monoisotopic (exact) mass is 484 g/mol. The molecule has 3 fully saturated rings. The Morgan fingerprint density at radius 2 is 1.88 bits per heavy atom. The Bertz CT molecular complexity index is 934. The van der Waals surface area contributed by atoms with Crippen LogP contribution in [0.4, 0.5) is 5.82 Å². The van der Waals surface area contributed by atoms with Crippen LogP contribution in [0.15, 0.2) is 23.7 Å². The van der Waals surface area contributed by atoms with Crippen molar-refractivity contribution >= 4 is 33.1 Å². The topological polar surface area (TPSA) is 57.7 Å². The van der Waals surface area contributed by atoms with E-state index in [2.05, 4.69) is 32.6 Å². The van der Waals surface area contributed by atoms with E-state index in [4.69, 9.17) is 9.72 Å². The standard InChI is InChI=1S/C27H40N4O2S/c1-33-24-7-4-21(18-24)19-25(32)29-23-5-2-20(3-6-23)9-12-30-13-15-31(16-14-30)27-26-22(8-11-28-27)10-17-34-26/h8,10-11,17,20-21,23-24H,2-7,9,12-16,18-19H2,1H3,(H,29,32)/t20-,21-,23-,24-/m1/s1. The molecule has 0 aromatic carbocycles. The number of hydrogen-bond donors (Lipinski definition) is 1. The van der Waals surface area contributed by atoms with Gasteiger partial charge in [-0.2, -0.15) is 0 Å². The molecule has 3 aliphatic rings. The number of methoxy groups -OCH3 is 1. The molecule has 2 aromatic heterocycles. The van der Waals surface area contributed by atoms with Crippen molar-refractivity contribution < 1.29 is 9.53 Å². The number of amides is 1. The molecule has 2 atom stereocenters. The molecule has 2 saturated carbocycles. The minimum Gasteiger partial charge on any atom is -0.381 e. The highest BCUT2D eigenvalue weighted by Crippen LogP contribution is 2.32. The summed E-state index contributed by atoms with van der Waals surface area (Å²) in [7, 11) is 1.79. The normalized spacial score (nSPS) is 28.4. The van der Waals surface area contributed by atoms with Crippen LogP contribution in [0.3, 0.4) is 0 Å². The fourth-order valence-electron chi connectivity index (χ4n) is 6.23. The van der Waals surface area contributed by atoms with E-state index in [0.29, 0.717) is 24.5 Å². The quantitative estimate of drug-likeness (QED) is 0.589. The Kier molecular flexibility index (Phi) is 8.02. The average molecular weight is 485 g/mol. The summed E-state index contributed by atoms with van der Waals surface area (Å²) in [5.74, 6) is 2.75. The number of nitrogens with one attached hydrogen (secondary N) is 1. The van der Waals surface area contributed by atoms with Crippen molar-refractivity contribution in [3.8, 4) is 0 Å². The van der Waals surface area contributed by atoms with Gasteiger partial charge in [-0.3, -0.25) is 9.69 Å². The van der Waals surface area contributed by atoms with Crippen LogP contribution in [-0.2, 0) is 9.53 Å². The molecule has 0 spiro atoms. The number of rotatable bonds is 8. The number of fused-ring (bicyclic) bond motifs is 1. The van der Waals surface area contributed by atoms with Gasteiger partial charge in [-0.25, -0.2) is 4.98 Å². The molecule has 2 aromatic rings. The van der Waals surface area contributed by atoms with E-state index in [0.717, 1.165) is 64.2 Å². The number of aromatic nitrogens is 1. The van der Waals surface area contributed by atoms with Crippen molar-refractivity contribution in [2.24, 2.45) is 11.8 Å². The number of carbonyl (C=O) groups is 1. The van der Waals surface area contributed by atoms with Crippen molar-refractivity contribution in [3.63, 3.8) is 0 Å². The van der Waals surface area contributed by atoms with Crippen molar-refractivity contribution in [3.05, 3.63) is 23.7 Å². The number of carbonyl (C=O) groups excluding carboxylic acids is 1. The maximum atomic E-state index is 12.5. The van der Waals surface area contributed by atoms with Gasteiger partial charge in [0.2, 0.25) is 5.91 Å². The lowest BCUT2D eigenvalue weighted by atomic mass is 9.84. The highest BCUT2D eigenvalue weighted by molar-refractivity contribution is 7.17. The molecule has 2 aliphatic carbocycles. The molecular formula is C27H40N4O2S. The lowest BCUT2D eigenvalue weighted by molar-refractivity contribution is -0.123. The number of nitrogens with zero attached hydrogens (tertiary/aromatic N) is 3. The van der Waals surface area contributed by atoms with E-state index in [9.17, 15) is 4.79 Å². The van der Waals surface area contributed by atoms with Crippen LogP contribution in [0.5, 0.6) is 0 Å². The van der Waals surface area contributed by atoms with Gasteiger partial charge in [0.15, 0.2) is 0 Å². The summed E-state index contributed by atoms with van der Waals surface area (Å²) in [5, 5.41) is 6.81. The van der Waals surface area contributed by atoms with E-state index in [1.807, 2.05) is 6.20 Å². The minimum atomic E-state index is 0.260. The largest absolute Gasteiger partial charge is 0.381 e. The SMILES string of the molecule is CO[C@@H]1CC[C@@H](CC(=O)N[C@H]2CC[C@H](CCN3CCN(c4nccc5ccsc45)CC3)CC2)C1. The molecule has 1 aliphatic heterocycles. The van der Waals surface area contributed by atoms with Crippen molar-refractivity contribution in [2.45, 2.75) is 69.9 Å². The summed E-state index contributed by atoms with van der Waals surface area (Å²) in [6, 6.07) is 4.69. The highest BCUT2D eigenvalue weighted by Gasteiger charge is 2.28. The Labute approximate surface area is 208 Å².